The molecule has 0 saturated heterocycles. The Bertz CT molecular complexity index is 515. The van der Waals surface area contributed by atoms with Crippen LogP contribution in [0, 0.1) is 0 Å². The predicted molar refractivity (Wildman–Crippen MR) is 74.6 cm³/mol. The highest BCUT2D eigenvalue weighted by Gasteiger charge is 2.14. The molecule has 0 saturated carbocycles. The van der Waals surface area contributed by atoms with E-state index in [4.69, 9.17) is 4.74 Å². The van der Waals surface area contributed by atoms with Gasteiger partial charge in [-0.3, -0.25) is 4.18 Å². The summed E-state index contributed by atoms with van der Waals surface area (Å²) < 4.78 is 31.4. The van der Waals surface area contributed by atoms with E-state index in [1.54, 1.807) is 0 Å². The van der Waals surface area contributed by atoms with Crippen LogP contribution in [0.1, 0.15) is 18.9 Å². The largest absolute Gasteiger partial charge is 0.445 e. The Morgan fingerprint density at radius 2 is 1.95 bits per heavy atom. The Hall–Kier alpha value is -1.60. The van der Waals surface area contributed by atoms with Gasteiger partial charge in [-0.15, -0.1) is 0 Å². The van der Waals surface area contributed by atoms with Crippen molar-refractivity contribution in [2.24, 2.45) is 0 Å². The van der Waals surface area contributed by atoms with Crippen LogP contribution in [-0.4, -0.2) is 33.4 Å². The summed E-state index contributed by atoms with van der Waals surface area (Å²) in [6.45, 7) is 1.87. The maximum atomic E-state index is 11.6. The van der Waals surface area contributed by atoms with E-state index in [2.05, 4.69) is 9.50 Å². The van der Waals surface area contributed by atoms with Crippen molar-refractivity contribution in [1.29, 1.82) is 0 Å². The third-order valence-corrected chi connectivity index (χ3v) is 3.08. The van der Waals surface area contributed by atoms with Crippen LogP contribution in [0.25, 0.3) is 0 Å². The number of nitrogens with one attached hydrogen (secondary N) is 1. The summed E-state index contributed by atoms with van der Waals surface area (Å²) in [5.74, 6) is 0. The lowest BCUT2D eigenvalue weighted by molar-refractivity contribution is 0.130. The van der Waals surface area contributed by atoms with Crippen molar-refractivity contribution >= 4 is 16.2 Å². The second kappa shape index (κ2) is 7.86. The van der Waals surface area contributed by atoms with Crippen LogP contribution in [0.3, 0.4) is 0 Å². The summed E-state index contributed by atoms with van der Waals surface area (Å²) in [4.78, 5) is 11.6. The molecule has 0 fully saturated rings. The van der Waals surface area contributed by atoms with Gasteiger partial charge >= 0.3 is 6.09 Å². The van der Waals surface area contributed by atoms with E-state index in [1.807, 2.05) is 37.3 Å². The summed E-state index contributed by atoms with van der Waals surface area (Å²) >= 11 is 0. The van der Waals surface area contributed by atoms with Crippen molar-refractivity contribution in [2.45, 2.75) is 26.0 Å². The Morgan fingerprint density at radius 3 is 2.50 bits per heavy atom. The summed E-state index contributed by atoms with van der Waals surface area (Å²) in [6, 6.07) is 8.86. The molecule has 0 aliphatic heterocycles. The number of carbonyl (C=O) groups is 1. The van der Waals surface area contributed by atoms with Crippen LogP contribution >= 0.6 is 0 Å². The standard InChI is InChI=1S/C13H19NO5S/c1-3-12(10-19-20(2,16)17)14-13(15)18-9-11-7-5-4-6-8-11/h4-8,12H,3,9-10H2,1-2H3,(H,14,15). The molecule has 1 atom stereocenters. The first-order chi connectivity index (χ1) is 9.40. The highest BCUT2D eigenvalue weighted by molar-refractivity contribution is 7.85. The molecule has 1 aromatic rings. The molecule has 1 amide bonds. The zero-order valence-corrected chi connectivity index (χ0v) is 12.4. The van der Waals surface area contributed by atoms with E-state index in [0.717, 1.165) is 11.8 Å². The molecule has 0 aromatic heterocycles. The monoisotopic (exact) mass is 301 g/mol. The molecule has 0 aliphatic rings. The first-order valence-electron chi connectivity index (χ1n) is 6.22. The van der Waals surface area contributed by atoms with Crippen LogP contribution in [0.5, 0.6) is 0 Å². The number of benzene rings is 1. The highest BCUT2D eigenvalue weighted by Crippen LogP contribution is 2.02. The van der Waals surface area contributed by atoms with Gasteiger partial charge in [0.1, 0.15) is 6.61 Å². The SMILES string of the molecule is CCC(COS(C)(=O)=O)NC(=O)OCc1ccccc1. The van der Waals surface area contributed by atoms with Crippen molar-refractivity contribution in [1.82, 2.24) is 5.32 Å². The zero-order valence-electron chi connectivity index (χ0n) is 11.5. The lowest BCUT2D eigenvalue weighted by Crippen LogP contribution is -2.38. The molecule has 0 bridgehead atoms. The number of ether oxygens (including phenoxy) is 1. The molecule has 0 heterocycles. The van der Waals surface area contributed by atoms with Crippen LogP contribution < -0.4 is 5.32 Å². The second-order valence-electron chi connectivity index (χ2n) is 4.30. The van der Waals surface area contributed by atoms with E-state index < -0.39 is 22.3 Å². The number of hydrogen-bond acceptors (Lipinski definition) is 5. The molecular weight excluding hydrogens is 282 g/mol. The number of carbonyl (C=O) groups excluding carboxylic acids is 1. The van der Waals surface area contributed by atoms with Crippen LogP contribution in [0.4, 0.5) is 4.79 Å². The van der Waals surface area contributed by atoms with E-state index in [1.165, 1.54) is 0 Å². The highest BCUT2D eigenvalue weighted by atomic mass is 32.2. The number of rotatable bonds is 7. The van der Waals surface area contributed by atoms with Gasteiger partial charge in [-0.2, -0.15) is 8.42 Å². The van der Waals surface area contributed by atoms with Gasteiger partial charge in [-0.1, -0.05) is 37.3 Å². The molecular formula is C13H19NO5S. The third-order valence-electron chi connectivity index (χ3n) is 2.51. The quantitative estimate of drug-likeness (QED) is 0.775. The van der Waals surface area contributed by atoms with Gasteiger partial charge in [0.15, 0.2) is 0 Å². The van der Waals surface area contributed by atoms with Gasteiger partial charge in [0.25, 0.3) is 10.1 Å². The molecule has 1 unspecified atom stereocenters. The lowest BCUT2D eigenvalue weighted by atomic mass is 10.2. The zero-order chi connectivity index (χ0) is 15.0. The maximum absolute atomic E-state index is 11.6. The van der Waals surface area contributed by atoms with Gasteiger partial charge < -0.3 is 10.1 Å². The van der Waals surface area contributed by atoms with E-state index >= 15 is 0 Å². The normalized spacial score (nSPS) is 12.7. The summed E-state index contributed by atoms with van der Waals surface area (Å²) in [7, 11) is -3.51. The van der Waals surface area contributed by atoms with Crippen LogP contribution in [-0.2, 0) is 25.6 Å². The van der Waals surface area contributed by atoms with Gasteiger partial charge in [0.2, 0.25) is 0 Å². The fourth-order valence-electron chi connectivity index (χ4n) is 1.40. The molecule has 1 aromatic carbocycles. The predicted octanol–water partition coefficient (Wildman–Crippen LogP) is 1.67. The van der Waals surface area contributed by atoms with Crippen molar-refractivity contribution in [3.8, 4) is 0 Å². The maximum Gasteiger partial charge on any atom is 0.407 e. The molecule has 1 N–H and O–H groups in total. The lowest BCUT2D eigenvalue weighted by Gasteiger charge is -2.16. The van der Waals surface area contributed by atoms with Gasteiger partial charge in [-0.05, 0) is 12.0 Å². The fourth-order valence-corrected chi connectivity index (χ4v) is 1.81. The Kier molecular flexibility index (Phi) is 6.47. The Morgan fingerprint density at radius 1 is 1.30 bits per heavy atom. The molecule has 112 valence electrons. The minimum atomic E-state index is -3.51. The minimum absolute atomic E-state index is 0.101. The molecule has 7 heteroatoms. The topological polar surface area (TPSA) is 81.7 Å². The molecule has 0 aliphatic carbocycles. The van der Waals surface area contributed by atoms with Crippen molar-refractivity contribution in [2.75, 3.05) is 12.9 Å². The average molecular weight is 301 g/mol. The Balaban J connectivity index is 2.36. The van der Waals surface area contributed by atoms with Gasteiger partial charge in [0.05, 0.1) is 18.9 Å². The minimum Gasteiger partial charge on any atom is -0.445 e. The molecule has 1 rings (SSSR count). The third kappa shape index (κ3) is 7.10. The molecule has 0 radical (unpaired) electrons. The summed E-state index contributed by atoms with van der Waals surface area (Å²) in [5, 5.41) is 2.56. The first-order valence-corrected chi connectivity index (χ1v) is 8.04. The number of amides is 1. The van der Waals surface area contributed by atoms with E-state index in [-0.39, 0.29) is 13.2 Å². The first kappa shape index (κ1) is 16.5. The van der Waals surface area contributed by atoms with Gasteiger partial charge in [-0.25, -0.2) is 4.79 Å². The van der Waals surface area contributed by atoms with Crippen molar-refractivity contribution in [3.05, 3.63) is 35.9 Å². The van der Waals surface area contributed by atoms with E-state index in [9.17, 15) is 13.2 Å². The van der Waals surface area contributed by atoms with Crippen molar-refractivity contribution in [3.63, 3.8) is 0 Å². The molecule has 6 nitrogen and oxygen atoms in total. The second-order valence-corrected chi connectivity index (χ2v) is 5.94. The molecule has 20 heavy (non-hydrogen) atoms. The number of hydrogen-bond donors (Lipinski definition) is 1. The smallest absolute Gasteiger partial charge is 0.407 e. The van der Waals surface area contributed by atoms with Crippen molar-refractivity contribution < 1.29 is 22.1 Å². The molecule has 0 spiro atoms. The summed E-state index contributed by atoms with van der Waals surface area (Å²) in [6.07, 6.45) is 0.904. The van der Waals surface area contributed by atoms with E-state index in [0.29, 0.717) is 6.42 Å². The fraction of sp³-hybridized carbons (Fsp3) is 0.462. The number of alkyl carbamates (subject to hydrolysis) is 1. The van der Waals surface area contributed by atoms with Crippen LogP contribution in [0.15, 0.2) is 30.3 Å². The van der Waals surface area contributed by atoms with Crippen LogP contribution in [0.2, 0.25) is 0 Å². The van der Waals surface area contributed by atoms with Gasteiger partial charge in [0, 0.05) is 0 Å². The summed E-state index contributed by atoms with van der Waals surface area (Å²) in [5.41, 5.74) is 0.878. The Labute approximate surface area is 119 Å². The average Bonchev–Trinajstić information content (AvgIpc) is 2.41.